The first-order valence-corrected chi connectivity index (χ1v) is 6.21. The van der Waals surface area contributed by atoms with Gasteiger partial charge >= 0.3 is 5.69 Å². The van der Waals surface area contributed by atoms with Crippen molar-refractivity contribution in [1.82, 2.24) is 0 Å². The maximum absolute atomic E-state index is 11.2. The van der Waals surface area contributed by atoms with E-state index in [2.05, 4.69) is 0 Å². The Bertz CT molecular complexity index is 773. The standard InChI is InChI=1S/C13H10N2O6/c1-2-20-13-8-5-3-4-7-9(14(16)17)6-10(15(18)19)12(21-13)11(7)8/h3-6,13H,2H2,1H3. The summed E-state index contributed by atoms with van der Waals surface area (Å²) in [6.07, 6.45) is -0.783. The number of hydrogen-bond acceptors (Lipinski definition) is 6. The van der Waals surface area contributed by atoms with E-state index in [0.29, 0.717) is 22.9 Å². The molecule has 1 unspecified atom stereocenters. The molecular weight excluding hydrogens is 280 g/mol. The van der Waals surface area contributed by atoms with Crippen LogP contribution in [0.4, 0.5) is 11.4 Å². The predicted molar refractivity (Wildman–Crippen MR) is 72.3 cm³/mol. The van der Waals surface area contributed by atoms with Gasteiger partial charge in [-0.15, -0.1) is 0 Å². The van der Waals surface area contributed by atoms with Gasteiger partial charge < -0.3 is 9.47 Å². The molecular formula is C13H10N2O6. The Balaban J connectivity index is 2.38. The van der Waals surface area contributed by atoms with Crippen LogP contribution in [0.5, 0.6) is 5.75 Å². The van der Waals surface area contributed by atoms with Gasteiger partial charge in [-0.2, -0.15) is 0 Å². The van der Waals surface area contributed by atoms with Crippen molar-refractivity contribution in [3.8, 4) is 5.75 Å². The summed E-state index contributed by atoms with van der Waals surface area (Å²) >= 11 is 0. The summed E-state index contributed by atoms with van der Waals surface area (Å²) in [6, 6.07) is 5.80. The van der Waals surface area contributed by atoms with Gasteiger partial charge in [0, 0.05) is 17.6 Å². The lowest BCUT2D eigenvalue weighted by molar-refractivity contribution is -0.393. The zero-order valence-corrected chi connectivity index (χ0v) is 10.9. The van der Waals surface area contributed by atoms with Crippen molar-refractivity contribution in [2.24, 2.45) is 0 Å². The fourth-order valence-corrected chi connectivity index (χ4v) is 2.49. The van der Waals surface area contributed by atoms with Crippen LogP contribution in [-0.2, 0) is 4.74 Å². The Hall–Kier alpha value is -2.74. The largest absolute Gasteiger partial charge is 0.453 e. The van der Waals surface area contributed by atoms with Gasteiger partial charge in [-0.05, 0) is 13.0 Å². The van der Waals surface area contributed by atoms with Crippen molar-refractivity contribution in [2.75, 3.05) is 6.61 Å². The van der Waals surface area contributed by atoms with Crippen molar-refractivity contribution in [3.63, 3.8) is 0 Å². The molecule has 0 saturated heterocycles. The summed E-state index contributed by atoms with van der Waals surface area (Å²) in [5.74, 6) is 0.0228. The number of nitrogens with zero attached hydrogens (tertiary/aromatic N) is 2. The normalized spacial score (nSPS) is 16.0. The maximum atomic E-state index is 11.2. The molecule has 108 valence electrons. The van der Waals surface area contributed by atoms with Crippen LogP contribution in [0.3, 0.4) is 0 Å². The van der Waals surface area contributed by atoms with Crippen LogP contribution in [0.25, 0.3) is 10.8 Å². The summed E-state index contributed by atoms with van der Waals surface area (Å²) in [5.41, 5.74) is -0.178. The van der Waals surface area contributed by atoms with Gasteiger partial charge in [0.15, 0.2) is 0 Å². The maximum Gasteiger partial charge on any atom is 0.318 e. The number of rotatable bonds is 4. The molecule has 0 radical (unpaired) electrons. The highest BCUT2D eigenvalue weighted by Crippen LogP contribution is 2.50. The molecule has 1 heterocycles. The highest BCUT2D eigenvalue weighted by molar-refractivity contribution is 6.02. The van der Waals surface area contributed by atoms with Crippen LogP contribution in [0.1, 0.15) is 18.8 Å². The van der Waals surface area contributed by atoms with Crippen molar-refractivity contribution in [2.45, 2.75) is 13.2 Å². The van der Waals surface area contributed by atoms with Crippen LogP contribution < -0.4 is 4.74 Å². The monoisotopic (exact) mass is 290 g/mol. The molecule has 0 aliphatic carbocycles. The second-order valence-electron chi connectivity index (χ2n) is 4.43. The molecule has 0 bridgehead atoms. The fraction of sp³-hybridized carbons (Fsp3) is 0.231. The van der Waals surface area contributed by atoms with Crippen molar-refractivity contribution >= 4 is 22.1 Å². The van der Waals surface area contributed by atoms with E-state index in [9.17, 15) is 20.2 Å². The number of nitro benzene ring substituents is 2. The second-order valence-corrected chi connectivity index (χ2v) is 4.43. The van der Waals surface area contributed by atoms with Gasteiger partial charge in [0.1, 0.15) is 0 Å². The van der Waals surface area contributed by atoms with Crippen LogP contribution in [0, 0.1) is 20.2 Å². The number of non-ortho nitro benzene ring substituents is 1. The average molecular weight is 290 g/mol. The fourth-order valence-electron chi connectivity index (χ4n) is 2.49. The van der Waals surface area contributed by atoms with Gasteiger partial charge in [0.2, 0.25) is 12.0 Å². The van der Waals surface area contributed by atoms with E-state index in [1.807, 2.05) is 0 Å². The van der Waals surface area contributed by atoms with Crippen LogP contribution in [0.2, 0.25) is 0 Å². The third kappa shape index (κ3) is 1.88. The average Bonchev–Trinajstić information content (AvgIpc) is 2.80. The molecule has 8 heteroatoms. The smallest absolute Gasteiger partial charge is 0.318 e. The molecule has 0 saturated carbocycles. The molecule has 3 rings (SSSR count). The van der Waals surface area contributed by atoms with Crippen molar-refractivity contribution in [1.29, 1.82) is 0 Å². The van der Waals surface area contributed by atoms with Crippen molar-refractivity contribution < 1.29 is 19.3 Å². The molecule has 1 atom stereocenters. The minimum Gasteiger partial charge on any atom is -0.453 e. The molecule has 0 N–H and O–H groups in total. The molecule has 2 aromatic carbocycles. The van der Waals surface area contributed by atoms with Crippen molar-refractivity contribution in [3.05, 3.63) is 50.1 Å². The third-order valence-electron chi connectivity index (χ3n) is 3.30. The highest BCUT2D eigenvalue weighted by atomic mass is 16.7. The van der Waals surface area contributed by atoms with E-state index in [-0.39, 0.29) is 11.4 Å². The first kappa shape index (κ1) is 13.3. The summed E-state index contributed by atoms with van der Waals surface area (Å²) < 4.78 is 10.9. The molecule has 0 aromatic heterocycles. The Morgan fingerprint density at radius 3 is 2.57 bits per heavy atom. The third-order valence-corrected chi connectivity index (χ3v) is 3.30. The highest BCUT2D eigenvalue weighted by Gasteiger charge is 2.36. The Kier molecular flexibility index (Phi) is 2.95. The van der Waals surface area contributed by atoms with Crippen LogP contribution >= 0.6 is 0 Å². The molecule has 0 amide bonds. The SMILES string of the molecule is CCOC1Oc2c([N+](=O)[O-])cc([N+](=O)[O-])c3cccc1c23. The van der Waals surface area contributed by atoms with E-state index in [0.717, 1.165) is 6.07 Å². The van der Waals surface area contributed by atoms with Crippen LogP contribution in [-0.4, -0.2) is 16.5 Å². The molecule has 1 aliphatic heterocycles. The minimum absolute atomic E-state index is 0.0228. The van der Waals surface area contributed by atoms with Crippen LogP contribution in [0.15, 0.2) is 24.3 Å². The Morgan fingerprint density at radius 1 is 1.24 bits per heavy atom. The topological polar surface area (TPSA) is 105 Å². The van der Waals surface area contributed by atoms with Gasteiger partial charge in [0.25, 0.3) is 5.69 Å². The lowest BCUT2D eigenvalue weighted by Gasteiger charge is -2.11. The van der Waals surface area contributed by atoms with Gasteiger partial charge in [-0.25, -0.2) is 0 Å². The van der Waals surface area contributed by atoms with E-state index >= 15 is 0 Å². The minimum atomic E-state index is -0.783. The summed E-state index contributed by atoms with van der Waals surface area (Å²) in [4.78, 5) is 21.0. The first-order chi connectivity index (χ1) is 10.0. The molecule has 21 heavy (non-hydrogen) atoms. The van der Waals surface area contributed by atoms with E-state index < -0.39 is 21.8 Å². The Labute approximate surface area is 118 Å². The van der Waals surface area contributed by atoms with E-state index in [1.54, 1.807) is 25.1 Å². The zero-order chi connectivity index (χ0) is 15.1. The lowest BCUT2D eigenvalue weighted by Crippen LogP contribution is -2.07. The summed E-state index contributed by atoms with van der Waals surface area (Å²) in [6.45, 7) is 2.12. The zero-order valence-electron chi connectivity index (χ0n) is 10.9. The summed E-state index contributed by atoms with van der Waals surface area (Å²) in [7, 11) is 0. The van der Waals surface area contributed by atoms with Gasteiger partial charge in [0.05, 0.1) is 21.3 Å². The number of benzene rings is 2. The van der Waals surface area contributed by atoms with E-state index in [1.165, 1.54) is 0 Å². The number of nitro groups is 2. The first-order valence-electron chi connectivity index (χ1n) is 6.21. The molecule has 2 aromatic rings. The Morgan fingerprint density at radius 2 is 1.95 bits per heavy atom. The van der Waals surface area contributed by atoms with Gasteiger partial charge in [-0.3, -0.25) is 20.2 Å². The quantitative estimate of drug-likeness (QED) is 0.632. The number of ether oxygens (including phenoxy) is 2. The molecule has 0 spiro atoms. The van der Waals surface area contributed by atoms with E-state index in [4.69, 9.17) is 9.47 Å². The molecule has 1 aliphatic rings. The lowest BCUT2D eigenvalue weighted by atomic mass is 10.0. The molecule has 0 fully saturated rings. The second kappa shape index (κ2) is 4.67. The molecule has 8 nitrogen and oxygen atoms in total. The summed E-state index contributed by atoms with van der Waals surface area (Å²) in [5, 5.41) is 23.0. The predicted octanol–water partition coefficient (Wildman–Crippen LogP) is 3.08. The number of hydrogen-bond donors (Lipinski definition) is 0. The van der Waals surface area contributed by atoms with Gasteiger partial charge in [-0.1, -0.05) is 12.1 Å².